The number of aromatic nitrogens is 2. The number of ether oxygens (including phenoxy) is 1. The van der Waals surface area contributed by atoms with Crippen molar-refractivity contribution in [2.75, 3.05) is 12.3 Å². The molecule has 0 saturated heterocycles. The zero-order valence-corrected chi connectivity index (χ0v) is 9.14. The quantitative estimate of drug-likeness (QED) is 0.788. The summed E-state index contributed by atoms with van der Waals surface area (Å²) >= 11 is 5.88. The summed E-state index contributed by atoms with van der Waals surface area (Å²) in [4.78, 5) is 7.44. The third kappa shape index (κ3) is 2.06. The SMILES string of the molecule is CCOCc1nc2c(N)cc(Cl)cc2[nH]1. The Morgan fingerprint density at radius 2 is 2.33 bits per heavy atom. The first-order valence-electron chi connectivity index (χ1n) is 4.72. The van der Waals surface area contributed by atoms with Crippen LogP contribution in [-0.4, -0.2) is 16.6 Å². The number of nitrogens with zero attached hydrogens (tertiary/aromatic N) is 1. The molecule has 0 fully saturated rings. The van der Waals surface area contributed by atoms with Crippen molar-refractivity contribution in [2.24, 2.45) is 0 Å². The van der Waals surface area contributed by atoms with Crippen LogP contribution in [0.3, 0.4) is 0 Å². The third-order valence-corrected chi connectivity index (χ3v) is 2.29. The normalized spacial score (nSPS) is 11.1. The van der Waals surface area contributed by atoms with Crippen molar-refractivity contribution in [3.05, 3.63) is 23.0 Å². The molecule has 0 aliphatic heterocycles. The van der Waals surface area contributed by atoms with Crippen LogP contribution in [0, 0.1) is 0 Å². The molecule has 15 heavy (non-hydrogen) atoms. The van der Waals surface area contributed by atoms with Gasteiger partial charge in [0, 0.05) is 11.6 Å². The molecule has 2 rings (SSSR count). The average Bonchev–Trinajstić information content (AvgIpc) is 2.57. The van der Waals surface area contributed by atoms with E-state index < -0.39 is 0 Å². The van der Waals surface area contributed by atoms with Gasteiger partial charge in [0.2, 0.25) is 0 Å². The lowest BCUT2D eigenvalue weighted by Gasteiger charge is -1.94. The number of H-pyrrole nitrogens is 1. The second-order valence-electron chi connectivity index (χ2n) is 3.21. The van der Waals surface area contributed by atoms with Gasteiger partial charge < -0.3 is 15.5 Å². The van der Waals surface area contributed by atoms with Crippen LogP contribution >= 0.6 is 11.6 Å². The van der Waals surface area contributed by atoms with Crippen molar-refractivity contribution in [2.45, 2.75) is 13.5 Å². The number of nitrogens with two attached hydrogens (primary N) is 1. The van der Waals surface area contributed by atoms with Crippen LogP contribution in [0.4, 0.5) is 5.69 Å². The summed E-state index contributed by atoms with van der Waals surface area (Å²) in [5.74, 6) is 0.765. The van der Waals surface area contributed by atoms with E-state index in [-0.39, 0.29) is 0 Å². The molecule has 2 aromatic rings. The standard InChI is InChI=1S/C10H12ClN3O/c1-2-15-5-9-13-8-4-6(11)3-7(12)10(8)14-9/h3-4H,2,5,12H2,1H3,(H,13,14). The zero-order valence-electron chi connectivity index (χ0n) is 8.38. The Bertz CT molecular complexity index is 481. The predicted octanol–water partition coefficient (Wildman–Crippen LogP) is 2.33. The van der Waals surface area contributed by atoms with Gasteiger partial charge >= 0.3 is 0 Å². The number of nitrogen functional groups attached to an aromatic ring is 1. The summed E-state index contributed by atoms with van der Waals surface area (Å²) in [6.45, 7) is 3.06. The molecule has 0 atom stereocenters. The van der Waals surface area contributed by atoms with E-state index in [9.17, 15) is 0 Å². The maximum absolute atomic E-state index is 5.88. The number of benzene rings is 1. The first-order chi connectivity index (χ1) is 7.20. The molecule has 0 unspecified atom stereocenters. The highest BCUT2D eigenvalue weighted by atomic mass is 35.5. The van der Waals surface area contributed by atoms with Crippen LogP contribution in [0.1, 0.15) is 12.7 Å². The lowest BCUT2D eigenvalue weighted by molar-refractivity contribution is 0.129. The Hall–Kier alpha value is -1.26. The zero-order chi connectivity index (χ0) is 10.8. The van der Waals surface area contributed by atoms with Gasteiger partial charge in [-0.2, -0.15) is 0 Å². The maximum Gasteiger partial charge on any atom is 0.133 e. The largest absolute Gasteiger partial charge is 0.397 e. The van der Waals surface area contributed by atoms with E-state index in [1.54, 1.807) is 12.1 Å². The average molecular weight is 226 g/mol. The fourth-order valence-corrected chi connectivity index (χ4v) is 1.65. The van der Waals surface area contributed by atoms with E-state index in [0.717, 1.165) is 16.9 Å². The topological polar surface area (TPSA) is 63.9 Å². The fraction of sp³-hybridized carbons (Fsp3) is 0.300. The number of halogens is 1. The summed E-state index contributed by atoms with van der Waals surface area (Å²) in [5.41, 5.74) is 7.96. The highest BCUT2D eigenvalue weighted by Crippen LogP contribution is 2.24. The molecule has 0 spiro atoms. The van der Waals surface area contributed by atoms with Crippen LogP contribution < -0.4 is 5.73 Å². The van der Waals surface area contributed by atoms with Gasteiger partial charge in [-0.15, -0.1) is 0 Å². The number of fused-ring (bicyclic) bond motifs is 1. The molecule has 1 aromatic carbocycles. The summed E-state index contributed by atoms with van der Waals surface area (Å²) < 4.78 is 5.25. The lowest BCUT2D eigenvalue weighted by atomic mass is 10.3. The summed E-state index contributed by atoms with van der Waals surface area (Å²) in [6.07, 6.45) is 0. The van der Waals surface area contributed by atoms with Gasteiger partial charge in [-0.3, -0.25) is 0 Å². The Balaban J connectivity index is 2.41. The summed E-state index contributed by atoms with van der Waals surface area (Å²) in [7, 11) is 0. The van der Waals surface area contributed by atoms with E-state index in [0.29, 0.717) is 23.9 Å². The van der Waals surface area contributed by atoms with Crippen molar-refractivity contribution in [3.63, 3.8) is 0 Å². The molecular formula is C10H12ClN3O. The molecule has 80 valence electrons. The molecule has 0 bridgehead atoms. The minimum absolute atomic E-state index is 0.461. The number of anilines is 1. The number of hydrogen-bond acceptors (Lipinski definition) is 3. The van der Waals surface area contributed by atoms with Gasteiger partial charge in [0.15, 0.2) is 0 Å². The lowest BCUT2D eigenvalue weighted by Crippen LogP contribution is -1.93. The number of nitrogens with one attached hydrogen (secondary N) is 1. The number of rotatable bonds is 3. The van der Waals surface area contributed by atoms with Gasteiger partial charge in [0.25, 0.3) is 0 Å². The minimum atomic E-state index is 0.461. The van der Waals surface area contributed by atoms with Crippen LogP contribution in [0.25, 0.3) is 11.0 Å². The molecule has 0 aliphatic rings. The van der Waals surface area contributed by atoms with Crippen LogP contribution in [0.15, 0.2) is 12.1 Å². The number of aromatic amines is 1. The van der Waals surface area contributed by atoms with E-state index in [1.807, 2.05) is 6.92 Å². The van der Waals surface area contributed by atoms with Crippen molar-refractivity contribution in [1.82, 2.24) is 9.97 Å². The molecule has 1 heterocycles. The molecule has 0 aliphatic carbocycles. The van der Waals surface area contributed by atoms with E-state index >= 15 is 0 Å². The predicted molar refractivity (Wildman–Crippen MR) is 60.8 cm³/mol. The van der Waals surface area contributed by atoms with Crippen molar-refractivity contribution < 1.29 is 4.74 Å². The Morgan fingerprint density at radius 1 is 1.53 bits per heavy atom. The second kappa shape index (κ2) is 4.08. The smallest absolute Gasteiger partial charge is 0.133 e. The summed E-state index contributed by atoms with van der Waals surface area (Å²) in [5, 5.41) is 0.603. The monoisotopic (exact) mass is 225 g/mol. The van der Waals surface area contributed by atoms with Gasteiger partial charge in [-0.05, 0) is 19.1 Å². The van der Waals surface area contributed by atoms with Crippen LogP contribution in [0.5, 0.6) is 0 Å². The van der Waals surface area contributed by atoms with E-state index in [4.69, 9.17) is 22.1 Å². The van der Waals surface area contributed by atoms with Crippen molar-refractivity contribution >= 4 is 28.3 Å². The number of hydrogen-bond donors (Lipinski definition) is 2. The third-order valence-electron chi connectivity index (χ3n) is 2.07. The minimum Gasteiger partial charge on any atom is -0.397 e. The van der Waals surface area contributed by atoms with Gasteiger partial charge in [0.1, 0.15) is 17.9 Å². The first-order valence-corrected chi connectivity index (χ1v) is 5.10. The first kappa shape index (κ1) is 10.3. The molecule has 1 aromatic heterocycles. The fourth-order valence-electron chi connectivity index (χ4n) is 1.43. The van der Waals surface area contributed by atoms with Crippen LogP contribution in [0.2, 0.25) is 5.02 Å². The van der Waals surface area contributed by atoms with Gasteiger partial charge in [0.05, 0.1) is 11.2 Å². The van der Waals surface area contributed by atoms with Gasteiger partial charge in [-0.25, -0.2) is 4.98 Å². The molecule has 3 N–H and O–H groups in total. The molecule has 0 amide bonds. The molecule has 0 radical (unpaired) electrons. The number of imidazole rings is 1. The van der Waals surface area contributed by atoms with Crippen molar-refractivity contribution in [1.29, 1.82) is 0 Å². The molecule has 5 heteroatoms. The molecular weight excluding hydrogens is 214 g/mol. The Morgan fingerprint density at radius 3 is 3.07 bits per heavy atom. The maximum atomic E-state index is 5.88. The highest BCUT2D eigenvalue weighted by Gasteiger charge is 2.06. The van der Waals surface area contributed by atoms with Crippen molar-refractivity contribution in [3.8, 4) is 0 Å². The Labute approximate surface area is 92.4 Å². The highest BCUT2D eigenvalue weighted by molar-refractivity contribution is 6.31. The molecule has 4 nitrogen and oxygen atoms in total. The summed E-state index contributed by atoms with van der Waals surface area (Å²) in [6, 6.07) is 3.49. The van der Waals surface area contributed by atoms with E-state index in [2.05, 4.69) is 9.97 Å². The molecule has 0 saturated carbocycles. The Kier molecular flexibility index (Phi) is 2.79. The van der Waals surface area contributed by atoms with E-state index in [1.165, 1.54) is 0 Å². The van der Waals surface area contributed by atoms with Gasteiger partial charge in [-0.1, -0.05) is 11.6 Å². The van der Waals surface area contributed by atoms with Crippen LogP contribution in [-0.2, 0) is 11.3 Å². The second-order valence-corrected chi connectivity index (χ2v) is 3.65.